The molecule has 1 aliphatic carbocycles. The summed E-state index contributed by atoms with van der Waals surface area (Å²) in [5, 5.41) is 16.1. The smallest absolute Gasteiger partial charge is 0.313 e. The Labute approximate surface area is 115 Å². The highest BCUT2D eigenvalue weighted by Gasteiger charge is 2.58. The van der Waals surface area contributed by atoms with Crippen LogP contribution in [0.2, 0.25) is 0 Å². The van der Waals surface area contributed by atoms with E-state index in [9.17, 15) is 18.4 Å². The van der Waals surface area contributed by atoms with Crippen molar-refractivity contribution < 1.29 is 8.78 Å². The Bertz CT molecular complexity index is 880. The van der Waals surface area contributed by atoms with E-state index in [1.165, 1.54) is 6.07 Å². The summed E-state index contributed by atoms with van der Waals surface area (Å²) in [6, 6.07) is 2.94. The fraction of sp³-hybridized carbons (Fsp3) is 0.250. The fourth-order valence-corrected chi connectivity index (χ4v) is 2.04. The molecule has 2 N–H and O–H groups in total. The average Bonchev–Trinajstić information content (AvgIpc) is 3.07. The molecule has 0 unspecified atom stereocenters. The minimum absolute atomic E-state index is 0.0168. The van der Waals surface area contributed by atoms with Crippen molar-refractivity contribution >= 4 is 0 Å². The highest BCUT2D eigenvalue weighted by molar-refractivity contribution is 5.58. The van der Waals surface area contributed by atoms with E-state index >= 15 is 0 Å². The van der Waals surface area contributed by atoms with Crippen molar-refractivity contribution in [3.63, 3.8) is 0 Å². The van der Waals surface area contributed by atoms with Gasteiger partial charge in [0.1, 0.15) is 11.8 Å². The van der Waals surface area contributed by atoms with Gasteiger partial charge in [-0.05, 0) is 6.07 Å². The molecule has 0 amide bonds. The van der Waals surface area contributed by atoms with Crippen LogP contribution in [0.3, 0.4) is 0 Å². The Kier molecular flexibility index (Phi) is 2.69. The van der Waals surface area contributed by atoms with E-state index in [0.717, 1.165) is 6.20 Å². The number of nitrogens with one attached hydrogen (secondary N) is 2. The molecule has 2 aromatic heterocycles. The van der Waals surface area contributed by atoms with Gasteiger partial charge in [0, 0.05) is 18.2 Å². The lowest BCUT2D eigenvalue weighted by molar-refractivity contribution is 0.112. The molecule has 2 aromatic rings. The van der Waals surface area contributed by atoms with Gasteiger partial charge >= 0.3 is 5.69 Å². The Morgan fingerprint density at radius 3 is 2.67 bits per heavy atom. The van der Waals surface area contributed by atoms with E-state index in [1.807, 2.05) is 4.98 Å². The summed E-state index contributed by atoms with van der Waals surface area (Å²) in [7, 11) is 0. The predicted molar refractivity (Wildman–Crippen MR) is 65.7 cm³/mol. The average molecular weight is 291 g/mol. The van der Waals surface area contributed by atoms with Crippen molar-refractivity contribution in [3.05, 3.63) is 44.4 Å². The Hall–Kier alpha value is -2.89. The van der Waals surface area contributed by atoms with E-state index in [4.69, 9.17) is 5.26 Å². The van der Waals surface area contributed by atoms with Gasteiger partial charge in [-0.15, -0.1) is 10.2 Å². The van der Waals surface area contributed by atoms with E-state index in [2.05, 4.69) is 15.2 Å². The fourth-order valence-electron chi connectivity index (χ4n) is 2.04. The molecule has 3 rings (SSSR count). The van der Waals surface area contributed by atoms with Crippen LogP contribution >= 0.6 is 0 Å². The van der Waals surface area contributed by atoms with Crippen molar-refractivity contribution in [1.29, 1.82) is 5.26 Å². The third-order valence-electron chi connectivity index (χ3n) is 3.23. The van der Waals surface area contributed by atoms with Crippen LogP contribution in [-0.4, -0.2) is 26.1 Å². The van der Waals surface area contributed by atoms with Gasteiger partial charge in [-0.1, -0.05) is 0 Å². The first-order valence-corrected chi connectivity index (χ1v) is 5.90. The standard InChI is InChI=1S/C12H7F2N5O2/c13-12(14)2-7(12)5-1-8(18-19-9(5)3-15)6-4-16-11(21)17-10(6)20/h1,4,7H,2H2,(H2,16,17,20,21)/t7-/m0/s1. The first-order valence-electron chi connectivity index (χ1n) is 5.90. The lowest BCUT2D eigenvalue weighted by Crippen LogP contribution is -2.23. The molecule has 1 aliphatic rings. The molecule has 9 heteroatoms. The number of aromatic amines is 2. The third-order valence-corrected chi connectivity index (χ3v) is 3.23. The minimum Gasteiger partial charge on any atom is -0.313 e. The molecule has 1 fully saturated rings. The molecule has 21 heavy (non-hydrogen) atoms. The molecule has 7 nitrogen and oxygen atoms in total. The van der Waals surface area contributed by atoms with Gasteiger partial charge in [0.15, 0.2) is 5.69 Å². The number of nitriles is 1. The predicted octanol–water partition coefficient (Wildman–Crippen LogP) is 0.514. The zero-order valence-electron chi connectivity index (χ0n) is 10.4. The highest BCUT2D eigenvalue weighted by Crippen LogP contribution is 2.56. The second-order valence-corrected chi connectivity index (χ2v) is 4.65. The van der Waals surface area contributed by atoms with Crippen LogP contribution in [-0.2, 0) is 0 Å². The summed E-state index contributed by atoms with van der Waals surface area (Å²) >= 11 is 0. The second-order valence-electron chi connectivity index (χ2n) is 4.65. The summed E-state index contributed by atoms with van der Waals surface area (Å²) < 4.78 is 26.4. The SMILES string of the molecule is N#Cc1nnc(-c2c[nH]c(=O)[nH]c2=O)cc1[C@@H]1CC1(F)F. The van der Waals surface area contributed by atoms with Gasteiger partial charge in [-0.2, -0.15) is 5.26 Å². The van der Waals surface area contributed by atoms with Gasteiger partial charge in [0.25, 0.3) is 11.5 Å². The first-order chi connectivity index (χ1) is 9.92. The van der Waals surface area contributed by atoms with Crippen LogP contribution < -0.4 is 11.2 Å². The molecule has 1 atom stereocenters. The van der Waals surface area contributed by atoms with Gasteiger partial charge < -0.3 is 4.98 Å². The molecule has 0 saturated heterocycles. The van der Waals surface area contributed by atoms with Crippen molar-refractivity contribution in [1.82, 2.24) is 20.2 Å². The van der Waals surface area contributed by atoms with Crippen molar-refractivity contribution in [2.24, 2.45) is 0 Å². The summed E-state index contributed by atoms with van der Waals surface area (Å²) in [6.45, 7) is 0. The second kappa shape index (κ2) is 4.31. The number of rotatable bonds is 2. The van der Waals surface area contributed by atoms with Gasteiger partial charge in [0.05, 0.1) is 11.5 Å². The number of hydrogen-bond acceptors (Lipinski definition) is 5. The van der Waals surface area contributed by atoms with Crippen molar-refractivity contribution in [3.8, 4) is 17.3 Å². The summed E-state index contributed by atoms with van der Waals surface area (Å²) in [5.74, 6) is -3.97. The molecule has 0 spiro atoms. The molecule has 0 aliphatic heterocycles. The summed E-state index contributed by atoms with van der Waals surface area (Å²) in [6.07, 6.45) is 0.751. The van der Waals surface area contributed by atoms with Crippen LogP contribution in [0, 0.1) is 11.3 Å². The lowest BCUT2D eigenvalue weighted by atomic mass is 10.1. The zero-order valence-corrected chi connectivity index (χ0v) is 10.4. The maximum Gasteiger partial charge on any atom is 0.325 e. The molecule has 0 bridgehead atoms. The first kappa shape index (κ1) is 13.1. The number of alkyl halides is 2. The van der Waals surface area contributed by atoms with E-state index in [1.54, 1.807) is 6.07 Å². The molecular formula is C12H7F2N5O2. The number of hydrogen-bond donors (Lipinski definition) is 2. The Balaban J connectivity index is 2.14. The maximum absolute atomic E-state index is 13.2. The third kappa shape index (κ3) is 2.20. The lowest BCUT2D eigenvalue weighted by Gasteiger charge is -2.04. The van der Waals surface area contributed by atoms with Gasteiger partial charge in [0.2, 0.25) is 0 Å². The van der Waals surface area contributed by atoms with E-state index in [0.29, 0.717) is 0 Å². The summed E-state index contributed by atoms with van der Waals surface area (Å²) in [5.41, 5.74) is -1.55. The normalized spacial score (nSPS) is 19.0. The van der Waals surface area contributed by atoms with Crippen molar-refractivity contribution in [2.75, 3.05) is 0 Å². The number of aromatic nitrogens is 4. The quantitative estimate of drug-likeness (QED) is 0.836. The Morgan fingerprint density at radius 1 is 1.38 bits per heavy atom. The van der Waals surface area contributed by atoms with E-state index in [-0.39, 0.29) is 28.9 Å². The molecule has 0 radical (unpaired) electrons. The highest BCUT2D eigenvalue weighted by atomic mass is 19.3. The minimum atomic E-state index is -2.87. The molecule has 1 saturated carbocycles. The molecular weight excluding hydrogens is 284 g/mol. The zero-order chi connectivity index (χ0) is 15.2. The monoisotopic (exact) mass is 291 g/mol. The number of H-pyrrole nitrogens is 2. The van der Waals surface area contributed by atoms with Crippen LogP contribution in [0.15, 0.2) is 21.9 Å². The number of nitrogens with zero attached hydrogens (tertiary/aromatic N) is 3. The van der Waals surface area contributed by atoms with E-state index < -0.39 is 23.1 Å². The van der Waals surface area contributed by atoms with Crippen LogP contribution in [0.4, 0.5) is 8.78 Å². The van der Waals surface area contributed by atoms with Gasteiger partial charge in [-0.25, -0.2) is 13.6 Å². The molecule has 2 heterocycles. The van der Waals surface area contributed by atoms with Crippen molar-refractivity contribution in [2.45, 2.75) is 18.3 Å². The van der Waals surface area contributed by atoms with Gasteiger partial charge in [-0.3, -0.25) is 9.78 Å². The molecule has 0 aromatic carbocycles. The largest absolute Gasteiger partial charge is 0.325 e. The van der Waals surface area contributed by atoms with Crippen LogP contribution in [0.25, 0.3) is 11.3 Å². The van der Waals surface area contributed by atoms with Crippen LogP contribution in [0.1, 0.15) is 23.6 Å². The Morgan fingerprint density at radius 2 is 2.10 bits per heavy atom. The maximum atomic E-state index is 13.2. The van der Waals surface area contributed by atoms with Crippen LogP contribution in [0.5, 0.6) is 0 Å². The molecule has 106 valence electrons. The number of halogens is 2. The summed E-state index contributed by atoms with van der Waals surface area (Å²) in [4.78, 5) is 26.9. The topological polar surface area (TPSA) is 115 Å².